The zero-order valence-electron chi connectivity index (χ0n) is 16.6. The van der Waals surface area contributed by atoms with Crippen LogP contribution in [-0.4, -0.2) is 33.5 Å². The summed E-state index contributed by atoms with van der Waals surface area (Å²) >= 11 is 1.68. The zero-order chi connectivity index (χ0) is 20.5. The molecular weight excluding hydrogens is 387 g/mol. The molecule has 0 amide bonds. The summed E-state index contributed by atoms with van der Waals surface area (Å²) < 4.78 is 15.3. The molecule has 0 bridgehead atoms. The predicted octanol–water partition coefficient (Wildman–Crippen LogP) is 3.52. The van der Waals surface area contributed by atoms with Crippen molar-refractivity contribution in [3.05, 3.63) is 77.5 Å². The van der Waals surface area contributed by atoms with Crippen molar-refractivity contribution >= 4 is 17.7 Å². The van der Waals surface area contributed by atoms with Crippen LogP contribution in [0.4, 0.5) is 4.39 Å². The Labute approximate surface area is 174 Å². The van der Waals surface area contributed by atoms with Gasteiger partial charge in [0.05, 0.1) is 6.54 Å². The maximum absolute atomic E-state index is 13.6. The van der Waals surface area contributed by atoms with Gasteiger partial charge in [0.25, 0.3) is 0 Å². The first-order chi connectivity index (χ1) is 14.2. The molecule has 0 fully saturated rings. The van der Waals surface area contributed by atoms with Crippen molar-refractivity contribution in [2.45, 2.75) is 25.8 Å². The molecule has 29 heavy (non-hydrogen) atoms. The van der Waals surface area contributed by atoms with Gasteiger partial charge in [-0.25, -0.2) is 19.0 Å². The molecule has 2 N–H and O–H groups in total. The fraction of sp³-hybridized carbons (Fsp3) is 0.286. The second kappa shape index (κ2) is 10.6. The lowest BCUT2D eigenvalue weighted by Gasteiger charge is -2.14. The topological polar surface area (TPSA) is 67.1 Å². The lowest BCUT2D eigenvalue weighted by molar-refractivity contribution is 0.625. The summed E-state index contributed by atoms with van der Waals surface area (Å²) in [6.07, 6.45) is 7.35. The van der Waals surface area contributed by atoms with Crippen molar-refractivity contribution in [1.82, 2.24) is 25.4 Å². The third-order valence-corrected chi connectivity index (χ3v) is 4.83. The second-order valence-electron chi connectivity index (χ2n) is 6.37. The number of hydrogen-bond acceptors (Lipinski definition) is 4. The first-order valence-electron chi connectivity index (χ1n) is 9.43. The molecule has 152 valence electrons. The molecule has 3 aromatic rings. The highest BCUT2D eigenvalue weighted by Crippen LogP contribution is 2.16. The highest BCUT2D eigenvalue weighted by Gasteiger charge is 2.06. The average Bonchev–Trinajstić information content (AvgIpc) is 3.27. The van der Waals surface area contributed by atoms with Crippen LogP contribution in [0, 0.1) is 5.82 Å². The monoisotopic (exact) mass is 412 g/mol. The van der Waals surface area contributed by atoms with Crippen molar-refractivity contribution in [2.75, 3.05) is 12.8 Å². The highest BCUT2D eigenvalue weighted by atomic mass is 32.2. The lowest BCUT2D eigenvalue weighted by atomic mass is 10.1. The molecule has 0 atom stereocenters. The summed E-state index contributed by atoms with van der Waals surface area (Å²) in [5, 5.41) is 10.8. The molecule has 1 aromatic carbocycles. The minimum absolute atomic E-state index is 0.205. The van der Waals surface area contributed by atoms with Crippen LogP contribution in [0.3, 0.4) is 0 Å². The molecular formula is C21H25FN6S. The number of nitrogens with one attached hydrogen (secondary N) is 2. The van der Waals surface area contributed by atoms with E-state index in [2.05, 4.69) is 25.7 Å². The van der Waals surface area contributed by atoms with Gasteiger partial charge in [0.15, 0.2) is 11.8 Å². The van der Waals surface area contributed by atoms with E-state index in [1.165, 1.54) is 6.07 Å². The average molecular weight is 413 g/mol. The smallest absolute Gasteiger partial charge is 0.191 e. The predicted molar refractivity (Wildman–Crippen MR) is 117 cm³/mol. The van der Waals surface area contributed by atoms with Crippen LogP contribution in [0.2, 0.25) is 0 Å². The van der Waals surface area contributed by atoms with Crippen molar-refractivity contribution in [3.8, 4) is 5.82 Å². The van der Waals surface area contributed by atoms with Crippen LogP contribution >= 0.6 is 11.8 Å². The number of pyridine rings is 1. The molecule has 3 rings (SSSR count). The van der Waals surface area contributed by atoms with Gasteiger partial charge >= 0.3 is 0 Å². The molecule has 0 saturated carbocycles. The van der Waals surface area contributed by atoms with E-state index in [1.54, 1.807) is 34.9 Å². The molecule has 2 aromatic heterocycles. The number of thioether (sulfide) groups is 1. The number of aliphatic imine (C=N–C) groups is 1. The van der Waals surface area contributed by atoms with E-state index in [9.17, 15) is 4.39 Å². The fourth-order valence-corrected chi connectivity index (χ4v) is 3.42. The minimum atomic E-state index is -0.205. The van der Waals surface area contributed by atoms with Gasteiger partial charge in [0.1, 0.15) is 5.82 Å². The molecule has 8 heteroatoms. The molecule has 0 saturated heterocycles. The van der Waals surface area contributed by atoms with Crippen molar-refractivity contribution < 1.29 is 4.39 Å². The summed E-state index contributed by atoms with van der Waals surface area (Å²) in [7, 11) is 0. The summed E-state index contributed by atoms with van der Waals surface area (Å²) in [4.78, 5) is 9.02. The molecule has 6 nitrogen and oxygen atoms in total. The van der Waals surface area contributed by atoms with Crippen LogP contribution in [0.15, 0.2) is 60.0 Å². The van der Waals surface area contributed by atoms with E-state index < -0.39 is 0 Å². The Kier molecular flexibility index (Phi) is 7.63. The van der Waals surface area contributed by atoms with Gasteiger partial charge in [0.2, 0.25) is 0 Å². The van der Waals surface area contributed by atoms with E-state index in [0.717, 1.165) is 34.8 Å². The Bertz CT molecular complexity index is 942. The number of guanidine groups is 1. The SMILES string of the molecule is CCNC(=NCc1ccnc(-n2cccn2)c1)NCc1ccc(F)cc1CSC. The zero-order valence-corrected chi connectivity index (χ0v) is 17.4. The maximum atomic E-state index is 13.6. The van der Waals surface area contributed by atoms with E-state index in [0.29, 0.717) is 19.0 Å². The quantitative estimate of drug-likeness (QED) is 0.438. The third-order valence-electron chi connectivity index (χ3n) is 4.23. The van der Waals surface area contributed by atoms with Crippen LogP contribution < -0.4 is 10.6 Å². The van der Waals surface area contributed by atoms with Gasteiger partial charge in [-0.1, -0.05) is 6.07 Å². The number of rotatable bonds is 8. The van der Waals surface area contributed by atoms with Crippen LogP contribution in [0.5, 0.6) is 0 Å². The van der Waals surface area contributed by atoms with Crippen LogP contribution in [0.25, 0.3) is 5.82 Å². The molecule has 0 aliphatic rings. The third kappa shape index (κ3) is 6.05. The van der Waals surface area contributed by atoms with E-state index in [-0.39, 0.29) is 5.82 Å². The fourth-order valence-electron chi connectivity index (χ4n) is 2.84. The van der Waals surface area contributed by atoms with Gasteiger partial charge in [-0.15, -0.1) is 0 Å². The second-order valence-corrected chi connectivity index (χ2v) is 7.23. The Morgan fingerprint density at radius 1 is 1.17 bits per heavy atom. The Hall–Kier alpha value is -2.87. The number of halogens is 1. The minimum Gasteiger partial charge on any atom is -0.357 e. The van der Waals surface area contributed by atoms with Crippen molar-refractivity contribution in [2.24, 2.45) is 4.99 Å². The van der Waals surface area contributed by atoms with Gasteiger partial charge in [-0.2, -0.15) is 16.9 Å². The Balaban J connectivity index is 1.69. The maximum Gasteiger partial charge on any atom is 0.191 e. The van der Waals surface area contributed by atoms with Gasteiger partial charge < -0.3 is 10.6 Å². The first kappa shape index (κ1) is 20.9. The lowest BCUT2D eigenvalue weighted by Crippen LogP contribution is -2.37. The van der Waals surface area contributed by atoms with Crippen LogP contribution in [-0.2, 0) is 18.8 Å². The summed E-state index contributed by atoms with van der Waals surface area (Å²) in [6.45, 7) is 3.86. The van der Waals surface area contributed by atoms with Gasteiger partial charge in [0, 0.05) is 37.4 Å². The number of aromatic nitrogens is 3. The Morgan fingerprint density at radius 2 is 2.07 bits per heavy atom. The van der Waals surface area contributed by atoms with Gasteiger partial charge in [-0.3, -0.25) is 0 Å². The molecule has 2 heterocycles. The van der Waals surface area contributed by atoms with Crippen LogP contribution in [0.1, 0.15) is 23.6 Å². The first-order valence-corrected chi connectivity index (χ1v) is 10.8. The Morgan fingerprint density at radius 3 is 2.83 bits per heavy atom. The van der Waals surface area contributed by atoms with Crippen molar-refractivity contribution in [1.29, 1.82) is 0 Å². The molecule has 0 spiro atoms. The van der Waals surface area contributed by atoms with E-state index in [1.807, 2.05) is 43.6 Å². The number of nitrogens with zero attached hydrogens (tertiary/aromatic N) is 4. The standard InChI is InChI=1S/C21H25FN6S/c1-3-23-21(26-14-17-5-6-19(22)12-18(17)15-29-2)25-13-16-7-9-24-20(11-16)28-10-4-8-27-28/h4-12H,3,13-15H2,1-2H3,(H2,23,25,26). The molecule has 0 aliphatic carbocycles. The summed E-state index contributed by atoms with van der Waals surface area (Å²) in [5.41, 5.74) is 3.10. The van der Waals surface area contributed by atoms with Gasteiger partial charge in [-0.05, 0) is 60.2 Å². The largest absolute Gasteiger partial charge is 0.357 e. The normalized spacial score (nSPS) is 11.5. The molecule has 0 radical (unpaired) electrons. The van der Waals surface area contributed by atoms with Crippen molar-refractivity contribution in [3.63, 3.8) is 0 Å². The number of benzene rings is 1. The molecule has 0 aliphatic heterocycles. The summed E-state index contributed by atoms with van der Waals surface area (Å²) in [6, 6.07) is 10.7. The number of hydrogen-bond donors (Lipinski definition) is 2. The summed E-state index contributed by atoms with van der Waals surface area (Å²) in [5.74, 6) is 2.04. The highest BCUT2D eigenvalue weighted by molar-refractivity contribution is 7.97. The molecule has 0 unspecified atom stereocenters. The van der Waals surface area contributed by atoms with E-state index >= 15 is 0 Å². The van der Waals surface area contributed by atoms with E-state index in [4.69, 9.17) is 0 Å².